The predicted molar refractivity (Wildman–Crippen MR) is 109 cm³/mol. The molecule has 1 aromatic heterocycles. The number of rotatable bonds is 7. The van der Waals surface area contributed by atoms with Crippen molar-refractivity contribution in [3.05, 3.63) is 52.8 Å². The number of hydrazone groups is 1. The summed E-state index contributed by atoms with van der Waals surface area (Å²) in [5, 5.41) is 4.42. The number of hydrogen-bond donors (Lipinski definition) is 1. The number of imidazole rings is 1. The molecular weight excluding hydrogens is 380 g/mol. The molecule has 0 radical (unpaired) electrons. The third-order valence-electron chi connectivity index (χ3n) is 4.09. The van der Waals surface area contributed by atoms with Crippen molar-refractivity contribution in [1.82, 2.24) is 15.0 Å². The lowest BCUT2D eigenvalue weighted by atomic mass is 10.2. The first-order valence-corrected chi connectivity index (χ1v) is 9.15. The fraction of sp³-hybridized carbons (Fsp3) is 0.250. The van der Waals surface area contributed by atoms with Crippen molar-refractivity contribution in [3.8, 4) is 11.5 Å². The quantitative estimate of drug-likeness (QED) is 0.486. The van der Waals surface area contributed by atoms with Gasteiger partial charge in [-0.05, 0) is 43.7 Å². The van der Waals surface area contributed by atoms with Crippen LogP contribution in [0.4, 0.5) is 0 Å². The summed E-state index contributed by atoms with van der Waals surface area (Å²) < 4.78 is 12.6. The van der Waals surface area contributed by atoms with E-state index in [4.69, 9.17) is 21.1 Å². The molecule has 0 spiro atoms. The fourth-order valence-electron chi connectivity index (χ4n) is 2.85. The normalized spacial score (nSPS) is 11.1. The maximum atomic E-state index is 12.3. The van der Waals surface area contributed by atoms with E-state index in [1.165, 1.54) is 13.3 Å². The fourth-order valence-corrected chi connectivity index (χ4v) is 3.13. The Labute approximate surface area is 167 Å². The molecule has 2 aromatic carbocycles. The Kier molecular flexibility index (Phi) is 6.16. The second-order valence-corrected chi connectivity index (χ2v) is 6.40. The van der Waals surface area contributed by atoms with Gasteiger partial charge >= 0.3 is 0 Å². The molecule has 0 aliphatic heterocycles. The van der Waals surface area contributed by atoms with Crippen LogP contribution in [0.5, 0.6) is 11.5 Å². The minimum absolute atomic E-state index is 0.122. The van der Waals surface area contributed by atoms with Gasteiger partial charge in [0.25, 0.3) is 5.91 Å². The number of benzene rings is 2. The summed E-state index contributed by atoms with van der Waals surface area (Å²) in [7, 11) is 1.54. The van der Waals surface area contributed by atoms with Crippen molar-refractivity contribution in [2.75, 3.05) is 13.7 Å². The number of hydrogen-bond acceptors (Lipinski definition) is 5. The summed E-state index contributed by atoms with van der Waals surface area (Å²) in [6, 6.07) is 11.1. The van der Waals surface area contributed by atoms with Gasteiger partial charge in [-0.3, -0.25) is 4.79 Å². The van der Waals surface area contributed by atoms with Gasteiger partial charge in [-0.15, -0.1) is 0 Å². The summed E-state index contributed by atoms with van der Waals surface area (Å²) in [5.74, 6) is 1.49. The zero-order valence-electron chi connectivity index (χ0n) is 15.9. The number of ether oxygens (including phenoxy) is 2. The summed E-state index contributed by atoms with van der Waals surface area (Å²) in [6.45, 7) is 4.33. The minimum Gasteiger partial charge on any atom is -0.493 e. The van der Waals surface area contributed by atoms with Gasteiger partial charge in [0, 0.05) is 0 Å². The molecule has 0 saturated heterocycles. The highest BCUT2D eigenvalue weighted by molar-refractivity contribution is 6.32. The third kappa shape index (κ3) is 4.26. The zero-order chi connectivity index (χ0) is 20.1. The van der Waals surface area contributed by atoms with Crippen LogP contribution in [-0.2, 0) is 11.3 Å². The smallest absolute Gasteiger partial charge is 0.260 e. The van der Waals surface area contributed by atoms with Gasteiger partial charge < -0.3 is 14.0 Å². The van der Waals surface area contributed by atoms with Crippen LogP contribution in [0.1, 0.15) is 18.3 Å². The Hall–Kier alpha value is -3.06. The largest absolute Gasteiger partial charge is 0.493 e. The number of methoxy groups -OCH3 is 1. The van der Waals surface area contributed by atoms with E-state index in [-0.39, 0.29) is 12.5 Å². The second-order valence-electron chi connectivity index (χ2n) is 5.99. The molecule has 1 amide bonds. The van der Waals surface area contributed by atoms with Gasteiger partial charge in [0.05, 0.1) is 36.0 Å². The van der Waals surface area contributed by atoms with Crippen molar-refractivity contribution < 1.29 is 14.3 Å². The average Bonchev–Trinajstić information content (AvgIpc) is 2.99. The number of fused-ring (bicyclic) bond motifs is 1. The molecule has 1 heterocycles. The van der Waals surface area contributed by atoms with Crippen LogP contribution in [0.2, 0.25) is 5.02 Å². The van der Waals surface area contributed by atoms with E-state index in [1.807, 2.05) is 42.7 Å². The molecule has 28 heavy (non-hydrogen) atoms. The van der Waals surface area contributed by atoms with Gasteiger partial charge in [0.15, 0.2) is 11.5 Å². The van der Waals surface area contributed by atoms with Gasteiger partial charge in [0.1, 0.15) is 12.4 Å². The number of amides is 1. The van der Waals surface area contributed by atoms with Crippen LogP contribution >= 0.6 is 11.6 Å². The maximum absolute atomic E-state index is 12.3. The lowest BCUT2D eigenvalue weighted by molar-refractivity contribution is -0.121. The van der Waals surface area contributed by atoms with Gasteiger partial charge in [0.2, 0.25) is 0 Å². The molecule has 3 aromatic rings. The molecule has 8 heteroatoms. The van der Waals surface area contributed by atoms with E-state index >= 15 is 0 Å². The van der Waals surface area contributed by atoms with Crippen molar-refractivity contribution in [2.24, 2.45) is 5.10 Å². The van der Waals surface area contributed by atoms with Crippen molar-refractivity contribution >= 4 is 34.8 Å². The number of para-hydroxylation sites is 2. The summed E-state index contributed by atoms with van der Waals surface area (Å²) in [4.78, 5) is 16.7. The molecule has 7 nitrogen and oxygen atoms in total. The Morgan fingerprint density at radius 2 is 2.14 bits per heavy atom. The molecule has 0 fully saturated rings. The molecule has 0 saturated carbocycles. The van der Waals surface area contributed by atoms with E-state index in [2.05, 4.69) is 15.5 Å². The van der Waals surface area contributed by atoms with Crippen molar-refractivity contribution in [3.63, 3.8) is 0 Å². The van der Waals surface area contributed by atoms with Crippen LogP contribution in [0, 0.1) is 6.92 Å². The van der Waals surface area contributed by atoms with E-state index in [0.717, 1.165) is 16.9 Å². The minimum atomic E-state index is -0.258. The zero-order valence-corrected chi connectivity index (χ0v) is 16.7. The Balaban J connectivity index is 1.70. The third-order valence-corrected chi connectivity index (χ3v) is 4.37. The molecule has 1 N–H and O–H groups in total. The second kappa shape index (κ2) is 8.75. The number of halogens is 1. The van der Waals surface area contributed by atoms with E-state index in [9.17, 15) is 4.79 Å². The number of nitrogens with zero attached hydrogens (tertiary/aromatic N) is 3. The predicted octanol–water partition coefficient (Wildman–Crippen LogP) is 3.56. The highest BCUT2D eigenvalue weighted by Crippen LogP contribution is 2.35. The van der Waals surface area contributed by atoms with Crippen LogP contribution in [0.3, 0.4) is 0 Å². The van der Waals surface area contributed by atoms with Gasteiger partial charge in [-0.2, -0.15) is 5.10 Å². The van der Waals surface area contributed by atoms with Crippen LogP contribution in [0.15, 0.2) is 41.5 Å². The Bertz CT molecular complexity index is 1030. The lowest BCUT2D eigenvalue weighted by Crippen LogP contribution is -2.23. The molecule has 146 valence electrons. The molecule has 0 bridgehead atoms. The van der Waals surface area contributed by atoms with Crippen LogP contribution in [0.25, 0.3) is 11.0 Å². The highest BCUT2D eigenvalue weighted by Gasteiger charge is 2.12. The molecule has 0 aliphatic carbocycles. The van der Waals surface area contributed by atoms with Crippen molar-refractivity contribution in [2.45, 2.75) is 20.4 Å². The number of nitrogens with one attached hydrogen (secondary N) is 1. The topological polar surface area (TPSA) is 77.7 Å². The van der Waals surface area contributed by atoms with Gasteiger partial charge in [-0.25, -0.2) is 10.4 Å². The number of aromatic nitrogens is 2. The molecular formula is C20H21ClN4O3. The standard InChI is InChI=1S/C20H21ClN4O3/c1-4-28-20-15(21)9-14(10-18(20)27-3)11-22-24-19(26)12-25-13(2)23-16-7-5-6-8-17(16)25/h5-11H,4,12H2,1-3H3,(H,24,26)/b22-11+. The summed E-state index contributed by atoms with van der Waals surface area (Å²) in [5.41, 5.74) is 4.96. The Morgan fingerprint density at radius 3 is 2.89 bits per heavy atom. The molecule has 0 atom stereocenters. The number of aryl methyl sites for hydroxylation is 1. The first-order valence-electron chi connectivity index (χ1n) is 8.77. The first kappa shape index (κ1) is 19.7. The SMILES string of the molecule is CCOc1c(Cl)cc(/C=N/NC(=O)Cn2c(C)nc3ccccc32)cc1OC. The van der Waals surface area contributed by atoms with E-state index in [1.54, 1.807) is 12.1 Å². The van der Waals surface area contributed by atoms with E-state index < -0.39 is 0 Å². The van der Waals surface area contributed by atoms with Gasteiger partial charge in [-0.1, -0.05) is 23.7 Å². The Morgan fingerprint density at radius 1 is 1.36 bits per heavy atom. The van der Waals surface area contributed by atoms with E-state index in [0.29, 0.717) is 28.7 Å². The average molecular weight is 401 g/mol. The lowest BCUT2D eigenvalue weighted by Gasteiger charge is -2.11. The number of carbonyl (C=O) groups is 1. The first-order chi connectivity index (χ1) is 13.5. The molecule has 0 aliphatic rings. The van der Waals surface area contributed by atoms with Crippen molar-refractivity contribution in [1.29, 1.82) is 0 Å². The highest BCUT2D eigenvalue weighted by atomic mass is 35.5. The van der Waals surface area contributed by atoms with Crippen LogP contribution < -0.4 is 14.9 Å². The monoisotopic (exact) mass is 400 g/mol. The number of carbonyl (C=O) groups excluding carboxylic acids is 1. The summed E-state index contributed by atoms with van der Waals surface area (Å²) in [6.07, 6.45) is 1.50. The molecule has 0 unspecified atom stereocenters. The molecule has 3 rings (SSSR count). The van der Waals surface area contributed by atoms with Crippen LogP contribution in [-0.4, -0.2) is 35.4 Å². The summed E-state index contributed by atoms with van der Waals surface area (Å²) >= 11 is 6.24. The maximum Gasteiger partial charge on any atom is 0.260 e.